The van der Waals surface area contributed by atoms with Gasteiger partial charge in [-0.25, -0.2) is 10.1 Å². The molecule has 0 atom stereocenters. The van der Waals surface area contributed by atoms with E-state index in [1.165, 1.54) is 0 Å². The number of nitrogens with one attached hydrogen (secondary N) is 1. The molecule has 2 heterocycles. The molecule has 0 radical (unpaired) electrons. The van der Waals surface area contributed by atoms with Gasteiger partial charge in [0, 0.05) is 17.0 Å². The fraction of sp³-hybridized carbons (Fsp3) is 0.120. The molecule has 8 heteroatoms. The van der Waals surface area contributed by atoms with E-state index in [4.69, 9.17) is 14.2 Å². The summed E-state index contributed by atoms with van der Waals surface area (Å²) < 4.78 is 17.5. The predicted octanol–water partition coefficient (Wildman–Crippen LogP) is 4.58. The van der Waals surface area contributed by atoms with Crippen LogP contribution >= 0.6 is 0 Å². The maximum Gasteiger partial charge on any atom is 0.179 e. The number of para-hydroxylation sites is 1. The molecule has 1 N–H and O–H groups in total. The van der Waals surface area contributed by atoms with Gasteiger partial charge in [-0.05, 0) is 46.3 Å². The van der Waals surface area contributed by atoms with Crippen LogP contribution in [-0.2, 0) is 13.2 Å². The van der Waals surface area contributed by atoms with Gasteiger partial charge in [0.25, 0.3) is 0 Å². The van der Waals surface area contributed by atoms with Gasteiger partial charge in [0.05, 0.1) is 18.3 Å². The van der Waals surface area contributed by atoms with Crippen molar-refractivity contribution in [1.29, 1.82) is 0 Å². The van der Waals surface area contributed by atoms with E-state index < -0.39 is 0 Å². The minimum atomic E-state index is 0.359. The summed E-state index contributed by atoms with van der Waals surface area (Å²) in [7, 11) is 1.61. The van der Waals surface area contributed by atoms with Crippen LogP contribution in [0.25, 0.3) is 22.3 Å². The molecule has 0 amide bonds. The molecule has 33 heavy (non-hydrogen) atoms. The summed E-state index contributed by atoms with van der Waals surface area (Å²) in [5, 5.41) is 15.0. The average Bonchev–Trinajstić information content (AvgIpc) is 3.42. The van der Waals surface area contributed by atoms with Gasteiger partial charge >= 0.3 is 0 Å². The van der Waals surface area contributed by atoms with Gasteiger partial charge in [0.15, 0.2) is 17.3 Å². The van der Waals surface area contributed by atoms with Crippen molar-refractivity contribution in [3.05, 3.63) is 90.1 Å². The van der Waals surface area contributed by atoms with Crippen molar-refractivity contribution in [1.82, 2.24) is 25.6 Å². The lowest BCUT2D eigenvalue weighted by molar-refractivity contribution is 0.277. The van der Waals surface area contributed by atoms with E-state index in [0.717, 1.165) is 27.7 Å². The maximum atomic E-state index is 6.00. The number of pyridine rings is 1. The summed E-state index contributed by atoms with van der Waals surface area (Å²) in [5.74, 6) is 2.50. The summed E-state index contributed by atoms with van der Waals surface area (Å²) in [6, 6.07) is 25.4. The number of ether oxygens (including phenoxy) is 3. The van der Waals surface area contributed by atoms with Crippen LogP contribution in [0.15, 0.2) is 78.9 Å². The Morgan fingerprint density at radius 2 is 1.76 bits per heavy atom. The number of methoxy groups -OCH3 is 1. The lowest BCUT2D eigenvalue weighted by atomic mass is 10.1. The van der Waals surface area contributed by atoms with Gasteiger partial charge in [-0.2, -0.15) is 0 Å². The Morgan fingerprint density at radius 1 is 0.818 bits per heavy atom. The zero-order chi connectivity index (χ0) is 22.5. The molecule has 0 bridgehead atoms. The third kappa shape index (κ3) is 4.74. The van der Waals surface area contributed by atoms with Gasteiger partial charge < -0.3 is 14.2 Å². The first kappa shape index (κ1) is 20.4. The number of aromatic nitrogens is 5. The number of aromatic amines is 1. The molecule has 0 saturated heterocycles. The van der Waals surface area contributed by atoms with Gasteiger partial charge in [0.1, 0.15) is 19.0 Å². The number of hydrogen-bond donors (Lipinski definition) is 1. The SMILES string of the molecule is COc1cc(OCc2ccc3ccccc3n2)ccc1OCc1cccc(-c2nnn[nH]2)c1. The van der Waals surface area contributed by atoms with E-state index in [1.807, 2.05) is 78.9 Å². The fourth-order valence-electron chi connectivity index (χ4n) is 3.45. The number of fused-ring (bicyclic) bond motifs is 1. The number of H-pyrrole nitrogens is 1. The van der Waals surface area contributed by atoms with Crippen molar-refractivity contribution in [2.45, 2.75) is 13.2 Å². The second-order valence-corrected chi connectivity index (χ2v) is 7.34. The second kappa shape index (κ2) is 9.35. The van der Waals surface area contributed by atoms with E-state index in [9.17, 15) is 0 Å². The normalized spacial score (nSPS) is 10.8. The Labute approximate surface area is 190 Å². The van der Waals surface area contributed by atoms with E-state index in [0.29, 0.717) is 36.3 Å². The number of nitrogens with zero attached hydrogens (tertiary/aromatic N) is 4. The number of benzene rings is 3. The van der Waals surface area contributed by atoms with Crippen LogP contribution < -0.4 is 14.2 Å². The highest BCUT2D eigenvalue weighted by atomic mass is 16.5. The van der Waals surface area contributed by atoms with E-state index in [2.05, 4.69) is 25.6 Å². The summed E-state index contributed by atoms with van der Waals surface area (Å²) in [5.41, 5.74) is 3.67. The minimum Gasteiger partial charge on any atom is -0.493 e. The fourth-order valence-corrected chi connectivity index (χ4v) is 3.45. The second-order valence-electron chi connectivity index (χ2n) is 7.34. The minimum absolute atomic E-state index is 0.359. The standard InChI is InChI=1S/C25H21N5O3/c1-31-24-14-21(32-16-20-10-9-18-6-2-3-8-22(18)26-20)11-12-23(24)33-15-17-5-4-7-19(13-17)25-27-29-30-28-25/h2-14H,15-16H2,1H3,(H,27,28,29,30). The first-order valence-corrected chi connectivity index (χ1v) is 10.4. The smallest absolute Gasteiger partial charge is 0.179 e. The van der Waals surface area contributed by atoms with Crippen LogP contribution in [-0.4, -0.2) is 32.7 Å². The highest BCUT2D eigenvalue weighted by Gasteiger charge is 2.09. The third-order valence-corrected chi connectivity index (χ3v) is 5.12. The summed E-state index contributed by atoms with van der Waals surface area (Å²) in [6.07, 6.45) is 0. The lowest BCUT2D eigenvalue weighted by Crippen LogP contribution is -2.01. The van der Waals surface area contributed by atoms with E-state index in [1.54, 1.807) is 7.11 Å². The molecule has 0 saturated carbocycles. The molecule has 0 fully saturated rings. The zero-order valence-electron chi connectivity index (χ0n) is 17.9. The molecule has 3 aromatic carbocycles. The molecule has 0 aliphatic rings. The third-order valence-electron chi connectivity index (χ3n) is 5.12. The molecular weight excluding hydrogens is 418 g/mol. The molecule has 5 aromatic rings. The molecule has 0 spiro atoms. The Morgan fingerprint density at radius 3 is 2.64 bits per heavy atom. The van der Waals surface area contributed by atoms with Crippen molar-refractivity contribution >= 4 is 10.9 Å². The molecule has 164 valence electrons. The van der Waals surface area contributed by atoms with Gasteiger partial charge in [0.2, 0.25) is 0 Å². The highest BCUT2D eigenvalue weighted by Crippen LogP contribution is 2.32. The van der Waals surface area contributed by atoms with Crippen LogP contribution in [0.2, 0.25) is 0 Å². The lowest BCUT2D eigenvalue weighted by Gasteiger charge is -2.13. The molecular formula is C25H21N5O3. The predicted molar refractivity (Wildman–Crippen MR) is 123 cm³/mol. The van der Waals surface area contributed by atoms with Crippen LogP contribution in [0.1, 0.15) is 11.3 Å². The Bertz CT molecular complexity index is 1370. The Hall–Kier alpha value is -4.46. The first-order valence-electron chi connectivity index (χ1n) is 10.4. The Balaban J connectivity index is 1.25. The van der Waals surface area contributed by atoms with E-state index >= 15 is 0 Å². The van der Waals surface area contributed by atoms with E-state index in [-0.39, 0.29) is 0 Å². The molecule has 5 rings (SSSR count). The molecule has 0 aliphatic carbocycles. The van der Waals surface area contributed by atoms with Crippen LogP contribution in [0.4, 0.5) is 0 Å². The van der Waals surface area contributed by atoms with Gasteiger partial charge in [-0.15, -0.1) is 5.10 Å². The summed E-state index contributed by atoms with van der Waals surface area (Å²) >= 11 is 0. The van der Waals surface area contributed by atoms with Gasteiger partial charge in [-0.1, -0.05) is 42.5 Å². The zero-order valence-corrected chi connectivity index (χ0v) is 17.9. The largest absolute Gasteiger partial charge is 0.493 e. The number of tetrazole rings is 1. The highest BCUT2D eigenvalue weighted by molar-refractivity contribution is 5.78. The van der Waals surface area contributed by atoms with Crippen molar-refractivity contribution in [2.24, 2.45) is 0 Å². The maximum absolute atomic E-state index is 6.00. The molecule has 0 unspecified atom stereocenters. The van der Waals surface area contributed by atoms with Crippen molar-refractivity contribution in [2.75, 3.05) is 7.11 Å². The van der Waals surface area contributed by atoms with Crippen molar-refractivity contribution < 1.29 is 14.2 Å². The number of rotatable bonds is 8. The summed E-state index contributed by atoms with van der Waals surface area (Å²) in [6.45, 7) is 0.727. The van der Waals surface area contributed by atoms with Crippen LogP contribution in [0.3, 0.4) is 0 Å². The van der Waals surface area contributed by atoms with Crippen molar-refractivity contribution in [3.63, 3.8) is 0 Å². The quantitative estimate of drug-likeness (QED) is 0.378. The topological polar surface area (TPSA) is 95.0 Å². The van der Waals surface area contributed by atoms with Crippen molar-refractivity contribution in [3.8, 4) is 28.6 Å². The molecule has 2 aromatic heterocycles. The van der Waals surface area contributed by atoms with Crippen LogP contribution in [0, 0.1) is 0 Å². The molecule has 0 aliphatic heterocycles. The van der Waals surface area contributed by atoms with Gasteiger partial charge in [-0.3, -0.25) is 0 Å². The van der Waals surface area contributed by atoms with Crippen LogP contribution in [0.5, 0.6) is 17.2 Å². The Kier molecular flexibility index (Phi) is 5.79. The molecule has 8 nitrogen and oxygen atoms in total. The average molecular weight is 439 g/mol. The first-order chi connectivity index (χ1) is 16.3. The number of hydrogen-bond acceptors (Lipinski definition) is 7. The monoisotopic (exact) mass is 439 g/mol. The summed E-state index contributed by atoms with van der Waals surface area (Å²) in [4.78, 5) is 4.64.